The van der Waals surface area contributed by atoms with Gasteiger partial charge in [-0.1, -0.05) is 58.1 Å². The van der Waals surface area contributed by atoms with Gasteiger partial charge in [-0.2, -0.15) is 0 Å². The Balaban J connectivity index is 2.91. The number of aryl methyl sites for hydroxylation is 1. The summed E-state index contributed by atoms with van der Waals surface area (Å²) in [5.41, 5.74) is 9.99. The molecule has 1 unspecified atom stereocenters. The van der Waals surface area contributed by atoms with Gasteiger partial charge < -0.3 is 5.73 Å². The number of rotatable bonds is 4. The molecule has 0 saturated carbocycles. The summed E-state index contributed by atoms with van der Waals surface area (Å²) in [7, 11) is 0. The number of benzene rings is 1. The van der Waals surface area contributed by atoms with E-state index in [2.05, 4.69) is 52.8 Å². The number of hydrogen-bond acceptors (Lipinski definition) is 1. The molecule has 0 aliphatic carbocycles. The van der Waals surface area contributed by atoms with Crippen LogP contribution >= 0.6 is 12.2 Å². The number of thiocarbonyl (C=S) groups is 1. The first-order chi connectivity index (χ1) is 8.20. The third kappa shape index (κ3) is 4.41. The Morgan fingerprint density at radius 1 is 1.33 bits per heavy atom. The van der Waals surface area contributed by atoms with E-state index < -0.39 is 0 Å². The molecule has 1 nitrogen and oxygen atoms in total. The molecule has 18 heavy (non-hydrogen) atoms. The van der Waals surface area contributed by atoms with E-state index in [0.29, 0.717) is 10.9 Å². The molecule has 0 heterocycles. The first-order valence-electron chi connectivity index (χ1n) is 6.58. The summed E-state index contributed by atoms with van der Waals surface area (Å²) in [5, 5.41) is 0. The van der Waals surface area contributed by atoms with Gasteiger partial charge in [-0.25, -0.2) is 0 Å². The summed E-state index contributed by atoms with van der Waals surface area (Å²) in [4.78, 5) is 0.618. The Morgan fingerprint density at radius 3 is 2.44 bits per heavy atom. The van der Waals surface area contributed by atoms with Crippen molar-refractivity contribution in [1.82, 2.24) is 0 Å². The van der Waals surface area contributed by atoms with E-state index in [-0.39, 0.29) is 5.41 Å². The molecule has 0 fully saturated rings. The van der Waals surface area contributed by atoms with Crippen molar-refractivity contribution in [3.05, 3.63) is 34.9 Å². The fraction of sp³-hybridized carbons (Fsp3) is 0.562. The van der Waals surface area contributed by atoms with Crippen LogP contribution in [0, 0.1) is 12.8 Å². The molecular formula is C16H25NS. The molecule has 1 aromatic rings. The predicted molar refractivity (Wildman–Crippen MR) is 84.1 cm³/mol. The SMILES string of the molecule is Cc1ccc(C(C)(C)C)cc1CC(C)CC(N)=S. The highest BCUT2D eigenvalue weighted by atomic mass is 32.1. The summed E-state index contributed by atoms with van der Waals surface area (Å²) >= 11 is 4.98. The summed E-state index contributed by atoms with van der Waals surface area (Å²) < 4.78 is 0. The second-order valence-corrected chi connectivity index (χ2v) is 6.90. The summed E-state index contributed by atoms with van der Waals surface area (Å²) in [5.74, 6) is 0.511. The monoisotopic (exact) mass is 263 g/mol. The minimum Gasteiger partial charge on any atom is -0.393 e. The average molecular weight is 263 g/mol. The summed E-state index contributed by atoms with van der Waals surface area (Å²) in [6.45, 7) is 11.1. The van der Waals surface area contributed by atoms with Crippen LogP contribution in [0.5, 0.6) is 0 Å². The quantitative estimate of drug-likeness (QED) is 0.826. The summed E-state index contributed by atoms with van der Waals surface area (Å²) in [6, 6.07) is 6.80. The molecule has 0 aromatic heterocycles. The minimum atomic E-state index is 0.203. The highest BCUT2D eigenvalue weighted by Gasteiger charge is 2.15. The lowest BCUT2D eigenvalue weighted by Crippen LogP contribution is -2.15. The van der Waals surface area contributed by atoms with Gasteiger partial charge >= 0.3 is 0 Å². The van der Waals surface area contributed by atoms with E-state index in [4.69, 9.17) is 18.0 Å². The van der Waals surface area contributed by atoms with Gasteiger partial charge in [-0.3, -0.25) is 0 Å². The molecule has 0 aliphatic rings. The van der Waals surface area contributed by atoms with E-state index in [1.165, 1.54) is 16.7 Å². The zero-order valence-electron chi connectivity index (χ0n) is 12.2. The standard InChI is InChI=1S/C16H25NS/c1-11(9-15(17)18)8-13-10-14(16(3,4)5)7-6-12(13)2/h6-7,10-11H,8-9H2,1-5H3,(H2,17,18). The zero-order chi connectivity index (χ0) is 13.9. The molecule has 100 valence electrons. The highest BCUT2D eigenvalue weighted by Crippen LogP contribution is 2.26. The maximum absolute atomic E-state index is 5.62. The second kappa shape index (κ2) is 5.83. The van der Waals surface area contributed by atoms with E-state index in [1.807, 2.05) is 0 Å². The van der Waals surface area contributed by atoms with E-state index in [0.717, 1.165) is 12.8 Å². The lowest BCUT2D eigenvalue weighted by atomic mass is 9.84. The second-order valence-electron chi connectivity index (χ2n) is 6.37. The first kappa shape index (κ1) is 15.2. The van der Waals surface area contributed by atoms with Crippen LogP contribution in [-0.4, -0.2) is 4.99 Å². The molecule has 1 atom stereocenters. The third-order valence-electron chi connectivity index (χ3n) is 3.33. The lowest BCUT2D eigenvalue weighted by molar-refractivity contribution is 0.580. The van der Waals surface area contributed by atoms with Crippen molar-refractivity contribution in [3.8, 4) is 0 Å². The Bertz CT molecular complexity index is 429. The van der Waals surface area contributed by atoms with E-state index in [9.17, 15) is 0 Å². The molecule has 0 spiro atoms. The normalized spacial score (nSPS) is 13.4. The van der Waals surface area contributed by atoms with Gasteiger partial charge in [-0.05, 0) is 41.4 Å². The third-order valence-corrected chi connectivity index (χ3v) is 3.50. The topological polar surface area (TPSA) is 26.0 Å². The van der Waals surface area contributed by atoms with Crippen LogP contribution in [0.3, 0.4) is 0 Å². The van der Waals surface area contributed by atoms with Gasteiger partial charge in [0.2, 0.25) is 0 Å². The van der Waals surface area contributed by atoms with Crippen LogP contribution < -0.4 is 5.73 Å². The highest BCUT2D eigenvalue weighted by molar-refractivity contribution is 7.80. The molecule has 0 bridgehead atoms. The van der Waals surface area contributed by atoms with Crippen molar-refractivity contribution < 1.29 is 0 Å². The fourth-order valence-corrected chi connectivity index (χ4v) is 2.43. The molecule has 2 N–H and O–H groups in total. The van der Waals surface area contributed by atoms with E-state index in [1.54, 1.807) is 0 Å². The van der Waals surface area contributed by atoms with Crippen molar-refractivity contribution in [2.75, 3.05) is 0 Å². The van der Waals surface area contributed by atoms with Gasteiger partial charge in [0.15, 0.2) is 0 Å². The maximum Gasteiger partial charge on any atom is 0.0730 e. The van der Waals surface area contributed by atoms with Crippen LogP contribution in [0.15, 0.2) is 18.2 Å². The smallest absolute Gasteiger partial charge is 0.0730 e. The van der Waals surface area contributed by atoms with Gasteiger partial charge in [0.05, 0.1) is 4.99 Å². The molecule has 1 aromatic carbocycles. The molecule has 2 heteroatoms. The zero-order valence-corrected chi connectivity index (χ0v) is 13.0. The molecule has 0 saturated heterocycles. The first-order valence-corrected chi connectivity index (χ1v) is 6.99. The van der Waals surface area contributed by atoms with Gasteiger partial charge in [-0.15, -0.1) is 0 Å². The van der Waals surface area contributed by atoms with Crippen molar-refractivity contribution in [1.29, 1.82) is 0 Å². The van der Waals surface area contributed by atoms with Crippen molar-refractivity contribution >= 4 is 17.2 Å². The van der Waals surface area contributed by atoms with Gasteiger partial charge in [0.1, 0.15) is 0 Å². The predicted octanol–water partition coefficient (Wildman–Crippen LogP) is 4.15. The van der Waals surface area contributed by atoms with Crippen molar-refractivity contribution in [2.24, 2.45) is 11.7 Å². The van der Waals surface area contributed by atoms with Crippen molar-refractivity contribution in [3.63, 3.8) is 0 Å². The van der Waals surface area contributed by atoms with Crippen molar-refractivity contribution in [2.45, 2.75) is 52.9 Å². The largest absolute Gasteiger partial charge is 0.393 e. The molecule has 0 radical (unpaired) electrons. The summed E-state index contributed by atoms with van der Waals surface area (Å²) in [6.07, 6.45) is 1.88. The molecule has 1 rings (SSSR count). The Kier molecular flexibility index (Phi) is 4.92. The van der Waals surface area contributed by atoms with E-state index >= 15 is 0 Å². The molecule has 0 amide bonds. The maximum atomic E-state index is 5.62. The lowest BCUT2D eigenvalue weighted by Gasteiger charge is -2.22. The average Bonchev–Trinajstić information content (AvgIpc) is 2.18. The van der Waals surface area contributed by atoms with Crippen LogP contribution in [0.25, 0.3) is 0 Å². The fourth-order valence-electron chi connectivity index (χ4n) is 2.15. The molecular weight excluding hydrogens is 238 g/mol. The number of hydrogen-bond donors (Lipinski definition) is 1. The van der Waals surface area contributed by atoms with Crippen LogP contribution in [-0.2, 0) is 11.8 Å². The Labute approximate surface area is 117 Å². The molecule has 0 aliphatic heterocycles. The Morgan fingerprint density at radius 2 is 1.94 bits per heavy atom. The van der Waals surface area contributed by atoms with Crippen LogP contribution in [0.1, 0.15) is 50.8 Å². The number of nitrogens with two attached hydrogens (primary N) is 1. The minimum absolute atomic E-state index is 0.203. The van der Waals surface area contributed by atoms with Crippen LogP contribution in [0.4, 0.5) is 0 Å². The van der Waals surface area contributed by atoms with Gasteiger partial charge in [0.25, 0.3) is 0 Å². The van der Waals surface area contributed by atoms with Crippen LogP contribution in [0.2, 0.25) is 0 Å². The van der Waals surface area contributed by atoms with Gasteiger partial charge in [0, 0.05) is 6.42 Å². The Hall–Kier alpha value is -0.890.